The summed E-state index contributed by atoms with van der Waals surface area (Å²) < 4.78 is 0. The molecule has 0 atom stereocenters. The molecule has 4 N–H and O–H groups in total. The van der Waals surface area contributed by atoms with Crippen LogP contribution in [0.3, 0.4) is 0 Å². The zero-order valence-corrected chi connectivity index (χ0v) is 11.7. The number of hydrazine groups is 1. The molecule has 1 aromatic rings. The second-order valence-corrected chi connectivity index (χ2v) is 5.54. The molecule has 0 unspecified atom stereocenters. The van der Waals surface area contributed by atoms with Crippen molar-refractivity contribution in [2.45, 2.75) is 38.6 Å². The summed E-state index contributed by atoms with van der Waals surface area (Å²) in [7, 11) is 0. The van der Waals surface area contributed by atoms with Gasteiger partial charge in [0.2, 0.25) is 0 Å². The van der Waals surface area contributed by atoms with Gasteiger partial charge in [-0.05, 0) is 37.7 Å². The van der Waals surface area contributed by atoms with Crippen LogP contribution in [0, 0.1) is 5.92 Å². The predicted octanol–water partition coefficient (Wildman–Crippen LogP) is 2.33. The van der Waals surface area contributed by atoms with Crippen molar-refractivity contribution in [3.8, 4) is 0 Å². The van der Waals surface area contributed by atoms with Crippen LogP contribution >= 0.6 is 11.6 Å². The summed E-state index contributed by atoms with van der Waals surface area (Å²) in [5, 5.41) is 3.37. The van der Waals surface area contributed by atoms with E-state index in [1.807, 2.05) is 0 Å². The van der Waals surface area contributed by atoms with E-state index in [0.717, 1.165) is 18.8 Å². The lowest BCUT2D eigenvalue weighted by Gasteiger charge is -2.26. The number of nitrogens with zero attached hydrogens (tertiary/aromatic N) is 1. The van der Waals surface area contributed by atoms with Gasteiger partial charge in [0.05, 0.1) is 10.6 Å². The third-order valence-corrected chi connectivity index (χ3v) is 3.88. The van der Waals surface area contributed by atoms with Crippen molar-refractivity contribution in [2.75, 3.05) is 5.43 Å². The van der Waals surface area contributed by atoms with E-state index in [9.17, 15) is 4.79 Å². The number of amides is 1. The van der Waals surface area contributed by atoms with Crippen LogP contribution < -0.4 is 16.6 Å². The van der Waals surface area contributed by atoms with Gasteiger partial charge in [-0.2, -0.15) is 0 Å². The minimum Gasteiger partial charge on any atom is -0.349 e. The van der Waals surface area contributed by atoms with Crippen molar-refractivity contribution in [3.05, 3.63) is 22.8 Å². The molecular weight excluding hydrogens is 264 g/mol. The summed E-state index contributed by atoms with van der Waals surface area (Å²) >= 11 is 5.95. The van der Waals surface area contributed by atoms with E-state index in [0.29, 0.717) is 16.4 Å². The molecule has 2 rings (SSSR count). The molecule has 1 heterocycles. The standard InChI is InChI=1S/C13H19ClN4O/c1-8-2-4-10(5-3-8)17-13(19)9-6-11(14)12(18-15)16-7-9/h6-8,10H,2-5,15H2,1H3,(H,16,18)(H,17,19). The Balaban J connectivity index is 1.98. The number of hydrogen-bond acceptors (Lipinski definition) is 4. The lowest BCUT2D eigenvalue weighted by Crippen LogP contribution is -2.37. The first-order valence-corrected chi connectivity index (χ1v) is 6.91. The molecule has 1 amide bonds. The maximum atomic E-state index is 12.1. The van der Waals surface area contributed by atoms with E-state index < -0.39 is 0 Å². The van der Waals surface area contributed by atoms with Crippen LogP contribution in [-0.4, -0.2) is 16.9 Å². The Morgan fingerprint density at radius 2 is 2.11 bits per heavy atom. The summed E-state index contributed by atoms with van der Waals surface area (Å²) in [6.07, 6.45) is 5.88. The Labute approximate surface area is 117 Å². The zero-order chi connectivity index (χ0) is 13.8. The monoisotopic (exact) mass is 282 g/mol. The minimum absolute atomic E-state index is 0.127. The molecule has 1 aliphatic rings. The normalized spacial score (nSPS) is 22.9. The van der Waals surface area contributed by atoms with Crippen molar-refractivity contribution in [3.63, 3.8) is 0 Å². The van der Waals surface area contributed by atoms with Gasteiger partial charge in [-0.25, -0.2) is 10.8 Å². The number of halogens is 1. The van der Waals surface area contributed by atoms with E-state index in [1.54, 1.807) is 6.07 Å². The first-order valence-electron chi connectivity index (χ1n) is 6.53. The number of rotatable bonds is 3. The molecule has 0 aromatic carbocycles. The van der Waals surface area contributed by atoms with Crippen molar-refractivity contribution >= 4 is 23.3 Å². The quantitative estimate of drug-likeness (QED) is 0.587. The number of nitrogen functional groups attached to an aromatic ring is 1. The van der Waals surface area contributed by atoms with E-state index in [4.69, 9.17) is 17.4 Å². The number of nitrogens with one attached hydrogen (secondary N) is 2. The molecule has 1 aliphatic carbocycles. The first-order chi connectivity index (χ1) is 9.10. The molecule has 0 aliphatic heterocycles. The Morgan fingerprint density at radius 3 is 2.68 bits per heavy atom. The van der Waals surface area contributed by atoms with Crippen molar-refractivity contribution < 1.29 is 4.79 Å². The maximum absolute atomic E-state index is 12.1. The minimum atomic E-state index is -0.127. The Kier molecular flexibility index (Phi) is 4.61. The number of carbonyl (C=O) groups excluding carboxylic acids is 1. The van der Waals surface area contributed by atoms with Crippen LogP contribution in [0.15, 0.2) is 12.3 Å². The van der Waals surface area contributed by atoms with Crippen LogP contribution in [0.25, 0.3) is 0 Å². The van der Waals surface area contributed by atoms with Crippen molar-refractivity contribution in [1.29, 1.82) is 0 Å². The number of pyridine rings is 1. The largest absolute Gasteiger partial charge is 0.349 e. The summed E-state index contributed by atoms with van der Waals surface area (Å²) in [6.45, 7) is 2.25. The van der Waals surface area contributed by atoms with Gasteiger partial charge >= 0.3 is 0 Å². The van der Waals surface area contributed by atoms with Crippen LogP contribution in [0.4, 0.5) is 5.82 Å². The number of aromatic nitrogens is 1. The molecule has 19 heavy (non-hydrogen) atoms. The van der Waals surface area contributed by atoms with Gasteiger partial charge in [0.25, 0.3) is 5.91 Å². The highest BCUT2D eigenvalue weighted by molar-refractivity contribution is 6.33. The van der Waals surface area contributed by atoms with Gasteiger partial charge < -0.3 is 10.7 Å². The van der Waals surface area contributed by atoms with Gasteiger partial charge in [-0.1, -0.05) is 18.5 Å². The van der Waals surface area contributed by atoms with E-state index >= 15 is 0 Å². The van der Waals surface area contributed by atoms with Crippen LogP contribution in [-0.2, 0) is 0 Å². The predicted molar refractivity (Wildman–Crippen MR) is 75.9 cm³/mol. The topological polar surface area (TPSA) is 80.0 Å². The SMILES string of the molecule is CC1CCC(NC(=O)c2cnc(NN)c(Cl)c2)CC1. The molecule has 104 valence electrons. The van der Waals surface area contributed by atoms with Crippen LogP contribution in [0.5, 0.6) is 0 Å². The average Bonchev–Trinajstić information content (AvgIpc) is 2.41. The molecule has 0 bridgehead atoms. The highest BCUT2D eigenvalue weighted by atomic mass is 35.5. The van der Waals surface area contributed by atoms with Gasteiger partial charge in [0, 0.05) is 12.2 Å². The van der Waals surface area contributed by atoms with Crippen LogP contribution in [0.2, 0.25) is 5.02 Å². The van der Waals surface area contributed by atoms with Gasteiger partial charge in [-0.15, -0.1) is 0 Å². The van der Waals surface area contributed by atoms with E-state index in [-0.39, 0.29) is 11.9 Å². The highest BCUT2D eigenvalue weighted by Crippen LogP contribution is 2.24. The van der Waals surface area contributed by atoms with E-state index in [1.165, 1.54) is 19.0 Å². The lowest BCUT2D eigenvalue weighted by molar-refractivity contribution is 0.0922. The molecule has 6 heteroatoms. The molecule has 1 saturated carbocycles. The summed E-state index contributed by atoms with van der Waals surface area (Å²) in [5.41, 5.74) is 2.83. The van der Waals surface area contributed by atoms with Gasteiger partial charge in [0.15, 0.2) is 5.82 Å². The fourth-order valence-electron chi connectivity index (χ4n) is 2.34. The Bertz CT molecular complexity index is 458. The third kappa shape index (κ3) is 3.58. The average molecular weight is 283 g/mol. The lowest BCUT2D eigenvalue weighted by atomic mass is 9.87. The number of carbonyl (C=O) groups is 1. The van der Waals surface area contributed by atoms with Crippen molar-refractivity contribution in [1.82, 2.24) is 10.3 Å². The Morgan fingerprint density at radius 1 is 1.42 bits per heavy atom. The molecule has 1 fully saturated rings. The summed E-state index contributed by atoms with van der Waals surface area (Å²) in [4.78, 5) is 16.1. The van der Waals surface area contributed by atoms with E-state index in [2.05, 4.69) is 22.7 Å². The smallest absolute Gasteiger partial charge is 0.253 e. The summed E-state index contributed by atoms with van der Waals surface area (Å²) in [5.74, 6) is 6.24. The second kappa shape index (κ2) is 6.21. The number of anilines is 1. The Hall–Kier alpha value is -1.33. The zero-order valence-electron chi connectivity index (χ0n) is 10.9. The van der Waals surface area contributed by atoms with Crippen molar-refractivity contribution in [2.24, 2.45) is 11.8 Å². The number of hydrogen-bond donors (Lipinski definition) is 3. The van der Waals surface area contributed by atoms with Gasteiger partial charge in [0.1, 0.15) is 0 Å². The fourth-order valence-corrected chi connectivity index (χ4v) is 2.56. The number of nitrogens with two attached hydrogens (primary N) is 1. The summed E-state index contributed by atoms with van der Waals surface area (Å²) in [6, 6.07) is 1.83. The second-order valence-electron chi connectivity index (χ2n) is 5.13. The molecule has 1 aromatic heterocycles. The highest BCUT2D eigenvalue weighted by Gasteiger charge is 2.20. The molecule has 0 saturated heterocycles. The third-order valence-electron chi connectivity index (χ3n) is 3.59. The van der Waals surface area contributed by atoms with Gasteiger partial charge in [-0.3, -0.25) is 4.79 Å². The molecule has 5 nitrogen and oxygen atoms in total. The molecule has 0 radical (unpaired) electrons. The molecule has 0 spiro atoms. The first kappa shape index (κ1) is 14.1. The maximum Gasteiger partial charge on any atom is 0.253 e. The van der Waals surface area contributed by atoms with Crippen LogP contribution in [0.1, 0.15) is 43.0 Å². The fraction of sp³-hybridized carbons (Fsp3) is 0.538. The molecular formula is C13H19ClN4O.